The van der Waals surface area contributed by atoms with Gasteiger partial charge < -0.3 is 14.8 Å². The van der Waals surface area contributed by atoms with Crippen LogP contribution >= 0.6 is 0 Å². The molecule has 0 fully saturated rings. The maximum Gasteiger partial charge on any atom is 0.123 e. The normalized spacial score (nSPS) is 11.5. The molecule has 0 saturated heterocycles. The van der Waals surface area contributed by atoms with Gasteiger partial charge in [-0.3, -0.25) is 0 Å². The molecular weight excluding hydrogens is 214 g/mol. The summed E-state index contributed by atoms with van der Waals surface area (Å²) in [7, 11) is 3.67. The van der Waals surface area contributed by atoms with Crippen molar-refractivity contribution < 1.29 is 9.47 Å². The number of benzene rings is 1. The molecule has 0 unspecified atom stereocenters. The zero-order valence-corrected chi connectivity index (χ0v) is 11.2. The Morgan fingerprint density at radius 1 is 1.24 bits per heavy atom. The average molecular weight is 237 g/mol. The zero-order chi connectivity index (χ0) is 12.7. The lowest BCUT2D eigenvalue weighted by molar-refractivity contribution is 0.00537. The van der Waals surface area contributed by atoms with Crippen molar-refractivity contribution in [3.8, 4) is 5.75 Å². The largest absolute Gasteiger partial charge is 0.493 e. The second-order valence-electron chi connectivity index (χ2n) is 4.70. The van der Waals surface area contributed by atoms with Crippen LogP contribution in [0.5, 0.6) is 5.75 Å². The Hall–Kier alpha value is -1.06. The van der Waals surface area contributed by atoms with Crippen molar-refractivity contribution in [1.29, 1.82) is 0 Å². The predicted octanol–water partition coefficient (Wildman–Crippen LogP) is 2.60. The van der Waals surface area contributed by atoms with Crippen molar-refractivity contribution in [2.75, 3.05) is 20.8 Å². The van der Waals surface area contributed by atoms with Crippen LogP contribution < -0.4 is 10.1 Å². The van der Waals surface area contributed by atoms with Gasteiger partial charge in [0.2, 0.25) is 0 Å². The van der Waals surface area contributed by atoms with Crippen molar-refractivity contribution in [3.05, 3.63) is 29.8 Å². The lowest BCUT2D eigenvalue weighted by Crippen LogP contribution is -2.25. The molecule has 0 amide bonds. The van der Waals surface area contributed by atoms with E-state index in [4.69, 9.17) is 9.47 Å². The van der Waals surface area contributed by atoms with Crippen LogP contribution in [0.25, 0.3) is 0 Å². The van der Waals surface area contributed by atoms with Crippen LogP contribution in [0.1, 0.15) is 25.8 Å². The molecule has 0 aliphatic carbocycles. The van der Waals surface area contributed by atoms with Gasteiger partial charge in [0, 0.05) is 25.6 Å². The van der Waals surface area contributed by atoms with Gasteiger partial charge in [0.1, 0.15) is 5.75 Å². The van der Waals surface area contributed by atoms with Gasteiger partial charge in [0.05, 0.1) is 12.2 Å². The van der Waals surface area contributed by atoms with E-state index < -0.39 is 0 Å². The summed E-state index contributed by atoms with van der Waals surface area (Å²) in [6.45, 7) is 5.62. The van der Waals surface area contributed by atoms with Gasteiger partial charge in [-0.2, -0.15) is 0 Å². The van der Waals surface area contributed by atoms with Crippen LogP contribution in [0.15, 0.2) is 24.3 Å². The molecule has 1 N–H and O–H groups in total. The van der Waals surface area contributed by atoms with Crippen LogP contribution in [-0.2, 0) is 11.3 Å². The molecule has 3 heteroatoms. The van der Waals surface area contributed by atoms with Gasteiger partial charge >= 0.3 is 0 Å². The van der Waals surface area contributed by atoms with Gasteiger partial charge in [-0.05, 0) is 27.0 Å². The maximum absolute atomic E-state index is 5.81. The third-order valence-corrected chi connectivity index (χ3v) is 2.85. The van der Waals surface area contributed by atoms with Crippen molar-refractivity contribution in [2.24, 2.45) is 0 Å². The fourth-order valence-corrected chi connectivity index (χ4v) is 1.49. The van der Waals surface area contributed by atoms with Crippen LogP contribution in [-0.4, -0.2) is 26.4 Å². The van der Waals surface area contributed by atoms with Gasteiger partial charge in [0.25, 0.3) is 0 Å². The molecule has 0 saturated carbocycles. The molecule has 1 rings (SSSR count). The number of rotatable bonds is 7. The van der Waals surface area contributed by atoms with E-state index >= 15 is 0 Å². The minimum atomic E-state index is -0.127. The first-order chi connectivity index (χ1) is 8.09. The van der Waals surface area contributed by atoms with Crippen molar-refractivity contribution in [3.63, 3.8) is 0 Å². The summed E-state index contributed by atoms with van der Waals surface area (Å²) in [6, 6.07) is 8.11. The number of nitrogens with one attached hydrogen (secondary N) is 1. The molecular formula is C14H23NO2. The van der Waals surface area contributed by atoms with Crippen LogP contribution in [0.3, 0.4) is 0 Å². The molecule has 0 aliphatic rings. The number of methoxy groups -OCH3 is 1. The Labute approximate surface area is 104 Å². The molecule has 3 nitrogen and oxygen atoms in total. The lowest BCUT2D eigenvalue weighted by Gasteiger charge is -2.23. The minimum absolute atomic E-state index is 0.127. The third kappa shape index (κ3) is 4.75. The van der Waals surface area contributed by atoms with Gasteiger partial charge in [-0.15, -0.1) is 0 Å². The quantitative estimate of drug-likeness (QED) is 0.790. The van der Waals surface area contributed by atoms with E-state index in [1.165, 1.54) is 5.56 Å². The van der Waals surface area contributed by atoms with E-state index in [9.17, 15) is 0 Å². The fraction of sp³-hybridized carbons (Fsp3) is 0.571. The van der Waals surface area contributed by atoms with E-state index in [0.29, 0.717) is 6.61 Å². The molecule has 0 radical (unpaired) electrons. The molecule has 0 atom stereocenters. The highest BCUT2D eigenvalue weighted by Crippen LogP contribution is 2.19. The smallest absolute Gasteiger partial charge is 0.123 e. The molecule has 17 heavy (non-hydrogen) atoms. The Balaban J connectivity index is 2.51. The molecule has 1 aromatic carbocycles. The minimum Gasteiger partial charge on any atom is -0.493 e. The summed E-state index contributed by atoms with van der Waals surface area (Å²) in [5.41, 5.74) is 1.06. The second-order valence-corrected chi connectivity index (χ2v) is 4.70. The first kappa shape index (κ1) is 14.0. The monoisotopic (exact) mass is 237 g/mol. The molecule has 0 aromatic heterocycles. The number of hydrogen-bond acceptors (Lipinski definition) is 3. The Bertz CT molecular complexity index is 337. The Morgan fingerprint density at radius 3 is 2.59 bits per heavy atom. The summed E-state index contributed by atoms with van der Waals surface area (Å²) >= 11 is 0. The van der Waals surface area contributed by atoms with Crippen molar-refractivity contribution in [2.45, 2.75) is 32.4 Å². The van der Waals surface area contributed by atoms with Gasteiger partial charge in [-0.25, -0.2) is 0 Å². The lowest BCUT2D eigenvalue weighted by atomic mass is 10.1. The molecule has 1 aromatic rings. The van der Waals surface area contributed by atoms with E-state index in [0.717, 1.165) is 18.7 Å². The maximum atomic E-state index is 5.81. The summed E-state index contributed by atoms with van der Waals surface area (Å²) in [5.74, 6) is 0.953. The highest BCUT2D eigenvalue weighted by atomic mass is 16.5. The van der Waals surface area contributed by atoms with Crippen LogP contribution in [0, 0.1) is 0 Å². The fourth-order valence-electron chi connectivity index (χ4n) is 1.49. The molecule has 0 spiro atoms. The van der Waals surface area contributed by atoms with E-state index in [1.807, 2.05) is 25.2 Å². The second kappa shape index (κ2) is 6.62. The Kier molecular flexibility index (Phi) is 5.45. The van der Waals surface area contributed by atoms with Gasteiger partial charge in [-0.1, -0.05) is 18.2 Å². The van der Waals surface area contributed by atoms with E-state index in [-0.39, 0.29) is 5.60 Å². The number of hydrogen-bond donors (Lipinski definition) is 1. The highest BCUT2D eigenvalue weighted by molar-refractivity contribution is 5.33. The first-order valence-corrected chi connectivity index (χ1v) is 5.99. The standard InChI is InChI=1S/C14H23NO2/c1-14(2,16-4)9-10-17-13-8-6-5-7-12(13)11-15-3/h5-8,15H,9-11H2,1-4H3. The highest BCUT2D eigenvalue weighted by Gasteiger charge is 2.16. The summed E-state index contributed by atoms with van der Waals surface area (Å²) in [5, 5.41) is 3.14. The summed E-state index contributed by atoms with van der Waals surface area (Å²) in [4.78, 5) is 0. The summed E-state index contributed by atoms with van der Waals surface area (Å²) < 4.78 is 11.2. The topological polar surface area (TPSA) is 30.5 Å². The van der Waals surface area contributed by atoms with Crippen molar-refractivity contribution >= 4 is 0 Å². The number of para-hydroxylation sites is 1. The molecule has 0 bridgehead atoms. The molecule has 0 aliphatic heterocycles. The predicted molar refractivity (Wildman–Crippen MR) is 70.4 cm³/mol. The number of ether oxygens (including phenoxy) is 2. The third-order valence-electron chi connectivity index (χ3n) is 2.85. The average Bonchev–Trinajstić information content (AvgIpc) is 2.31. The van der Waals surface area contributed by atoms with Gasteiger partial charge in [0.15, 0.2) is 0 Å². The molecule has 96 valence electrons. The SMILES string of the molecule is CNCc1ccccc1OCCC(C)(C)OC. The first-order valence-electron chi connectivity index (χ1n) is 5.99. The molecule has 0 heterocycles. The summed E-state index contributed by atoms with van der Waals surface area (Å²) in [6.07, 6.45) is 0.872. The zero-order valence-electron chi connectivity index (χ0n) is 11.2. The van der Waals surface area contributed by atoms with Crippen LogP contribution in [0.2, 0.25) is 0 Å². The van der Waals surface area contributed by atoms with E-state index in [2.05, 4.69) is 25.2 Å². The Morgan fingerprint density at radius 2 is 1.94 bits per heavy atom. The van der Waals surface area contributed by atoms with E-state index in [1.54, 1.807) is 7.11 Å². The van der Waals surface area contributed by atoms with Crippen molar-refractivity contribution in [1.82, 2.24) is 5.32 Å². The van der Waals surface area contributed by atoms with Crippen LogP contribution in [0.4, 0.5) is 0 Å².